The second-order valence-corrected chi connectivity index (χ2v) is 6.61. The van der Waals surface area contributed by atoms with E-state index in [-0.39, 0.29) is 16.2 Å². The molecule has 0 aliphatic heterocycles. The maximum Gasteiger partial charge on any atom is 0.345 e. The molecule has 1 fully saturated rings. The predicted octanol–water partition coefficient (Wildman–Crippen LogP) is 3.15. The van der Waals surface area contributed by atoms with Crippen LogP contribution < -0.4 is 5.32 Å². The van der Waals surface area contributed by atoms with Crippen LogP contribution in [0, 0.1) is 5.41 Å². The highest BCUT2D eigenvalue weighted by Gasteiger charge is 2.27. The van der Waals surface area contributed by atoms with Gasteiger partial charge >= 0.3 is 5.97 Å². The molecule has 0 saturated heterocycles. The monoisotopic (exact) mass is 281 g/mol. The summed E-state index contributed by atoms with van der Waals surface area (Å²) in [5.41, 5.74) is 0.195. The zero-order valence-corrected chi connectivity index (χ0v) is 11.9. The van der Waals surface area contributed by atoms with Gasteiger partial charge in [0.15, 0.2) is 0 Å². The molecule has 1 aromatic rings. The maximum absolute atomic E-state index is 12.0. The van der Waals surface area contributed by atoms with E-state index in [1.165, 1.54) is 25.3 Å². The second-order valence-electron chi connectivity index (χ2n) is 5.52. The fraction of sp³-hybridized carbons (Fsp3) is 0.571. The summed E-state index contributed by atoms with van der Waals surface area (Å²) in [4.78, 5) is 23.4. The Hall–Kier alpha value is -1.36. The highest BCUT2D eigenvalue weighted by Crippen LogP contribution is 2.35. The van der Waals surface area contributed by atoms with E-state index in [1.807, 2.05) is 0 Å². The Balaban J connectivity index is 1.91. The van der Waals surface area contributed by atoms with E-state index >= 15 is 0 Å². The molecule has 4 nitrogen and oxygen atoms in total. The first kappa shape index (κ1) is 14.1. The van der Waals surface area contributed by atoms with Crippen molar-refractivity contribution < 1.29 is 14.7 Å². The number of aromatic carboxylic acids is 1. The lowest BCUT2D eigenvalue weighted by Crippen LogP contribution is -2.36. The molecule has 0 atom stereocenters. The molecule has 1 aromatic heterocycles. The number of carboxylic acids is 1. The van der Waals surface area contributed by atoms with Gasteiger partial charge in [-0.15, -0.1) is 11.3 Å². The van der Waals surface area contributed by atoms with Crippen molar-refractivity contribution in [3.8, 4) is 0 Å². The molecule has 1 aliphatic rings. The Labute approximate surface area is 116 Å². The molecule has 1 heterocycles. The minimum Gasteiger partial charge on any atom is -0.477 e. The first-order valence-electron chi connectivity index (χ1n) is 6.62. The standard InChI is InChI=1S/C14H19NO3S/c1-14(7-3-2-4-8-14)9-15-12(16)10-5-6-11(19-10)13(17)18/h5-6H,2-4,7-9H2,1H3,(H,15,16)(H,17,18). The van der Waals surface area contributed by atoms with Gasteiger partial charge < -0.3 is 10.4 Å². The largest absolute Gasteiger partial charge is 0.477 e. The number of carboxylic acid groups (broad SMARTS) is 1. The van der Waals surface area contributed by atoms with Crippen LogP contribution >= 0.6 is 11.3 Å². The van der Waals surface area contributed by atoms with Gasteiger partial charge in [-0.25, -0.2) is 4.79 Å². The Morgan fingerprint density at radius 2 is 1.89 bits per heavy atom. The summed E-state index contributed by atoms with van der Waals surface area (Å²) in [7, 11) is 0. The number of rotatable bonds is 4. The van der Waals surface area contributed by atoms with E-state index in [9.17, 15) is 9.59 Å². The third-order valence-corrected chi connectivity index (χ3v) is 4.85. The zero-order chi connectivity index (χ0) is 13.9. The molecule has 0 aromatic carbocycles. The van der Waals surface area contributed by atoms with Crippen molar-refractivity contribution in [1.82, 2.24) is 5.32 Å². The highest BCUT2D eigenvalue weighted by molar-refractivity contribution is 7.15. The Kier molecular flexibility index (Phi) is 4.24. The molecule has 5 heteroatoms. The van der Waals surface area contributed by atoms with Crippen molar-refractivity contribution >= 4 is 23.2 Å². The number of carbonyl (C=O) groups excluding carboxylic acids is 1. The summed E-state index contributed by atoms with van der Waals surface area (Å²) in [5.74, 6) is -1.15. The maximum atomic E-state index is 12.0. The molecular weight excluding hydrogens is 262 g/mol. The summed E-state index contributed by atoms with van der Waals surface area (Å²) >= 11 is 1.02. The molecule has 2 rings (SSSR count). The molecule has 0 radical (unpaired) electrons. The Morgan fingerprint density at radius 3 is 2.47 bits per heavy atom. The molecule has 1 aliphatic carbocycles. The molecule has 19 heavy (non-hydrogen) atoms. The first-order chi connectivity index (χ1) is 9.00. The van der Waals surface area contributed by atoms with Gasteiger partial charge in [0.2, 0.25) is 0 Å². The predicted molar refractivity (Wildman–Crippen MR) is 74.8 cm³/mol. The molecule has 0 spiro atoms. The SMILES string of the molecule is CC1(CNC(=O)c2ccc(C(=O)O)s2)CCCCC1. The normalized spacial score (nSPS) is 17.9. The number of amides is 1. The highest BCUT2D eigenvalue weighted by atomic mass is 32.1. The summed E-state index contributed by atoms with van der Waals surface area (Å²) in [5, 5.41) is 11.8. The zero-order valence-electron chi connectivity index (χ0n) is 11.1. The van der Waals surface area contributed by atoms with Crippen LogP contribution in [0.4, 0.5) is 0 Å². The van der Waals surface area contributed by atoms with Crippen molar-refractivity contribution in [2.24, 2.45) is 5.41 Å². The molecule has 1 amide bonds. The minimum absolute atomic E-state index is 0.163. The van der Waals surface area contributed by atoms with Crippen LogP contribution in [-0.2, 0) is 0 Å². The van der Waals surface area contributed by atoms with E-state index in [4.69, 9.17) is 5.11 Å². The Morgan fingerprint density at radius 1 is 1.26 bits per heavy atom. The van der Waals surface area contributed by atoms with Gasteiger partial charge in [-0.3, -0.25) is 4.79 Å². The Bertz CT molecular complexity index is 475. The van der Waals surface area contributed by atoms with Gasteiger partial charge in [-0.2, -0.15) is 0 Å². The van der Waals surface area contributed by atoms with Crippen LogP contribution in [0.2, 0.25) is 0 Å². The summed E-state index contributed by atoms with van der Waals surface area (Å²) in [6.45, 7) is 2.88. The fourth-order valence-electron chi connectivity index (χ4n) is 2.54. The lowest BCUT2D eigenvalue weighted by atomic mass is 9.76. The van der Waals surface area contributed by atoms with Crippen LogP contribution in [0.3, 0.4) is 0 Å². The van der Waals surface area contributed by atoms with Gasteiger partial charge in [0.1, 0.15) is 4.88 Å². The second kappa shape index (κ2) is 5.74. The molecule has 0 unspecified atom stereocenters. The van der Waals surface area contributed by atoms with Crippen LogP contribution in [0.1, 0.15) is 58.4 Å². The smallest absolute Gasteiger partial charge is 0.345 e. The molecule has 1 saturated carbocycles. The van der Waals surface area contributed by atoms with Crippen LogP contribution in [-0.4, -0.2) is 23.5 Å². The summed E-state index contributed by atoms with van der Waals surface area (Å²) < 4.78 is 0. The molecule has 0 bridgehead atoms. The average molecular weight is 281 g/mol. The van der Waals surface area contributed by atoms with Crippen molar-refractivity contribution in [2.75, 3.05) is 6.54 Å². The topological polar surface area (TPSA) is 66.4 Å². The molecule has 2 N–H and O–H groups in total. The number of thiophene rings is 1. The van der Waals surface area contributed by atoms with Gasteiger partial charge in [-0.05, 0) is 30.4 Å². The first-order valence-corrected chi connectivity index (χ1v) is 7.43. The number of nitrogens with one attached hydrogen (secondary N) is 1. The van der Waals surface area contributed by atoms with E-state index in [2.05, 4.69) is 12.2 Å². The van der Waals surface area contributed by atoms with Crippen molar-refractivity contribution in [3.05, 3.63) is 21.9 Å². The van der Waals surface area contributed by atoms with Gasteiger partial charge in [0, 0.05) is 6.54 Å². The van der Waals surface area contributed by atoms with Crippen LogP contribution in [0.5, 0.6) is 0 Å². The van der Waals surface area contributed by atoms with Crippen molar-refractivity contribution in [3.63, 3.8) is 0 Å². The molecule has 104 valence electrons. The van der Waals surface area contributed by atoms with Gasteiger partial charge in [0.05, 0.1) is 4.88 Å². The number of hydrogen-bond donors (Lipinski definition) is 2. The quantitative estimate of drug-likeness (QED) is 0.891. The van der Waals surface area contributed by atoms with Gasteiger partial charge in [0.25, 0.3) is 5.91 Å². The third-order valence-electron chi connectivity index (χ3n) is 3.78. The summed E-state index contributed by atoms with van der Waals surface area (Å²) in [6.07, 6.45) is 6.05. The van der Waals surface area contributed by atoms with E-state index in [0.29, 0.717) is 11.4 Å². The van der Waals surface area contributed by atoms with Crippen LogP contribution in [0.15, 0.2) is 12.1 Å². The number of hydrogen-bond acceptors (Lipinski definition) is 3. The lowest BCUT2D eigenvalue weighted by Gasteiger charge is -2.33. The van der Waals surface area contributed by atoms with E-state index in [0.717, 1.165) is 24.2 Å². The lowest BCUT2D eigenvalue weighted by molar-refractivity contribution is 0.0702. The van der Waals surface area contributed by atoms with Crippen molar-refractivity contribution in [1.29, 1.82) is 0 Å². The fourth-order valence-corrected chi connectivity index (χ4v) is 3.30. The number of carbonyl (C=O) groups is 2. The van der Waals surface area contributed by atoms with Gasteiger partial charge in [-0.1, -0.05) is 26.2 Å². The minimum atomic E-state index is -0.983. The van der Waals surface area contributed by atoms with E-state index in [1.54, 1.807) is 6.07 Å². The van der Waals surface area contributed by atoms with Crippen molar-refractivity contribution in [2.45, 2.75) is 39.0 Å². The molecular formula is C14H19NO3S. The van der Waals surface area contributed by atoms with Crippen LogP contribution in [0.25, 0.3) is 0 Å². The average Bonchev–Trinajstić information content (AvgIpc) is 2.87. The van der Waals surface area contributed by atoms with E-state index < -0.39 is 5.97 Å². The summed E-state index contributed by atoms with van der Waals surface area (Å²) in [6, 6.07) is 3.05. The third kappa shape index (κ3) is 3.56.